The van der Waals surface area contributed by atoms with E-state index in [-0.39, 0.29) is 0 Å². The van der Waals surface area contributed by atoms with Crippen LogP contribution in [0.2, 0.25) is 0 Å². The molecule has 0 amide bonds. The molecule has 0 aliphatic rings. The van der Waals surface area contributed by atoms with Crippen molar-refractivity contribution in [1.82, 2.24) is 0 Å². The van der Waals surface area contributed by atoms with Gasteiger partial charge in [-0.15, -0.1) is 0 Å². The molecule has 6 nitrogen and oxygen atoms in total. The Morgan fingerprint density at radius 3 is 1.90 bits per heavy atom. The minimum absolute atomic E-state index is 0.448. The fourth-order valence-electron chi connectivity index (χ4n) is 0.229. The number of aliphatic hydroxyl groups is 3. The Morgan fingerprint density at radius 1 is 1.40 bits per heavy atom. The van der Waals surface area contributed by atoms with Gasteiger partial charge in [-0.3, -0.25) is 0 Å². The molecule has 0 aromatic heterocycles. The molecule has 0 bridgehead atoms. The summed E-state index contributed by atoms with van der Waals surface area (Å²) in [5.74, 6) is -0.448. The molecule has 0 heterocycles. The first-order valence-corrected chi connectivity index (χ1v) is 3.95. The van der Waals surface area contributed by atoms with Gasteiger partial charge in [0.1, 0.15) is 0 Å². The molecule has 0 saturated heterocycles. The van der Waals surface area contributed by atoms with Crippen LogP contribution in [0.4, 0.5) is 0 Å². The van der Waals surface area contributed by atoms with Gasteiger partial charge in [0, 0.05) is 0 Å². The average Bonchev–Trinajstić information content (AvgIpc) is 1.60. The van der Waals surface area contributed by atoms with Gasteiger partial charge in [-0.25, -0.2) is 0 Å². The van der Waals surface area contributed by atoms with Crippen LogP contribution in [0.15, 0.2) is 0 Å². The molecule has 0 aliphatic carbocycles. The summed E-state index contributed by atoms with van der Waals surface area (Å²) in [5, 5.41) is 24.0. The summed E-state index contributed by atoms with van der Waals surface area (Å²) in [4.78, 5) is 0. The van der Waals surface area contributed by atoms with Gasteiger partial charge in [-0.2, -0.15) is 12.6 Å². The van der Waals surface area contributed by atoms with E-state index in [1.165, 1.54) is 6.92 Å². The minimum atomic E-state index is -4.03. The topological polar surface area (TPSA) is 104 Å². The van der Waals surface area contributed by atoms with Crippen molar-refractivity contribution >= 4 is 10.1 Å². The van der Waals surface area contributed by atoms with E-state index in [1.807, 2.05) is 0 Å². The molecule has 0 radical (unpaired) electrons. The minimum Gasteiger partial charge on any atom is -0.319 e. The zero-order chi connectivity index (χ0) is 8.41. The maximum absolute atomic E-state index is 10.3. The lowest BCUT2D eigenvalue weighted by Crippen LogP contribution is -2.34. The van der Waals surface area contributed by atoms with Crippen molar-refractivity contribution in [2.75, 3.05) is 5.75 Å². The SMILES string of the molecule is CCS(=O)(=O)OC(O)(O)O. The molecule has 7 heteroatoms. The van der Waals surface area contributed by atoms with Crippen molar-refractivity contribution in [3.8, 4) is 0 Å². The van der Waals surface area contributed by atoms with Crippen molar-refractivity contribution < 1.29 is 27.9 Å². The molecule has 0 aliphatic heterocycles. The second kappa shape index (κ2) is 2.81. The quantitative estimate of drug-likeness (QED) is 0.334. The first kappa shape index (κ1) is 9.79. The summed E-state index contributed by atoms with van der Waals surface area (Å²) in [6.07, 6.45) is -3.60. The molecular formula is C3H8O6S. The van der Waals surface area contributed by atoms with Crippen LogP contribution in [0.1, 0.15) is 6.92 Å². The third-order valence-corrected chi connectivity index (χ3v) is 1.78. The van der Waals surface area contributed by atoms with Gasteiger partial charge in [-0.05, 0) is 6.92 Å². The Morgan fingerprint density at radius 2 is 1.80 bits per heavy atom. The van der Waals surface area contributed by atoms with Gasteiger partial charge in [0.2, 0.25) is 0 Å². The monoisotopic (exact) mass is 172 g/mol. The molecule has 0 spiro atoms. The summed E-state index contributed by atoms with van der Waals surface area (Å²) in [7, 11) is -4.03. The Hall–Kier alpha value is -0.210. The van der Waals surface area contributed by atoms with Gasteiger partial charge in [0.25, 0.3) is 10.1 Å². The standard InChI is InChI=1S/C3H8O6S/c1-2-10(7,8)9-3(4,5)6/h4-6H,2H2,1H3. The van der Waals surface area contributed by atoms with Crippen LogP contribution < -0.4 is 0 Å². The molecule has 0 unspecified atom stereocenters. The van der Waals surface area contributed by atoms with Crippen molar-refractivity contribution in [3.05, 3.63) is 0 Å². The van der Waals surface area contributed by atoms with Crippen LogP contribution >= 0.6 is 0 Å². The van der Waals surface area contributed by atoms with Gasteiger partial charge < -0.3 is 15.3 Å². The lowest BCUT2D eigenvalue weighted by Gasteiger charge is -2.11. The van der Waals surface area contributed by atoms with Gasteiger partial charge in [0.15, 0.2) is 0 Å². The van der Waals surface area contributed by atoms with Crippen LogP contribution in [-0.2, 0) is 14.3 Å². The predicted molar refractivity (Wildman–Crippen MR) is 29.9 cm³/mol. The van der Waals surface area contributed by atoms with Gasteiger partial charge in [0.05, 0.1) is 5.75 Å². The second-order valence-electron chi connectivity index (χ2n) is 1.50. The average molecular weight is 172 g/mol. The molecule has 3 N–H and O–H groups in total. The highest BCUT2D eigenvalue weighted by atomic mass is 32.2. The Kier molecular flexibility index (Phi) is 2.75. The fourth-order valence-corrected chi connectivity index (χ4v) is 0.688. The summed E-state index contributed by atoms with van der Waals surface area (Å²) in [6, 6.07) is 0. The van der Waals surface area contributed by atoms with Crippen LogP contribution in [0.25, 0.3) is 0 Å². The van der Waals surface area contributed by atoms with E-state index in [2.05, 4.69) is 4.18 Å². The van der Waals surface area contributed by atoms with E-state index in [1.54, 1.807) is 0 Å². The lowest BCUT2D eigenvalue weighted by atomic mass is 11.0. The number of hydrogen-bond acceptors (Lipinski definition) is 6. The van der Waals surface area contributed by atoms with E-state index in [0.717, 1.165) is 0 Å². The largest absolute Gasteiger partial charge is 0.419 e. The van der Waals surface area contributed by atoms with Crippen molar-refractivity contribution in [3.63, 3.8) is 0 Å². The highest BCUT2D eigenvalue weighted by Crippen LogP contribution is 2.02. The first-order chi connectivity index (χ1) is 4.27. The summed E-state index contributed by atoms with van der Waals surface area (Å²) in [6.45, 7) is 1.22. The summed E-state index contributed by atoms with van der Waals surface area (Å²) in [5.41, 5.74) is 0. The number of hydrogen-bond donors (Lipinski definition) is 3. The van der Waals surface area contributed by atoms with Crippen LogP contribution in [0, 0.1) is 0 Å². The normalized spacial score (nSPS) is 13.6. The third kappa shape index (κ3) is 4.65. The number of rotatable bonds is 3. The maximum atomic E-state index is 10.3. The molecule has 0 rings (SSSR count). The van der Waals surface area contributed by atoms with E-state index in [0.29, 0.717) is 0 Å². The predicted octanol–water partition coefficient (Wildman–Crippen LogP) is -2.06. The van der Waals surface area contributed by atoms with Crippen molar-refractivity contribution in [1.29, 1.82) is 0 Å². The van der Waals surface area contributed by atoms with E-state index < -0.39 is 22.0 Å². The maximum Gasteiger partial charge on any atom is 0.419 e. The smallest absolute Gasteiger partial charge is 0.319 e. The van der Waals surface area contributed by atoms with Gasteiger partial charge in [-0.1, -0.05) is 0 Å². The van der Waals surface area contributed by atoms with Crippen LogP contribution in [-0.4, -0.2) is 35.6 Å². The molecule has 0 aromatic rings. The van der Waals surface area contributed by atoms with Crippen LogP contribution in [0.3, 0.4) is 0 Å². The molecular weight excluding hydrogens is 164 g/mol. The molecule has 62 valence electrons. The van der Waals surface area contributed by atoms with E-state index in [9.17, 15) is 8.42 Å². The van der Waals surface area contributed by atoms with E-state index >= 15 is 0 Å². The molecule has 0 saturated carbocycles. The fraction of sp³-hybridized carbons (Fsp3) is 1.00. The highest BCUT2D eigenvalue weighted by molar-refractivity contribution is 7.86. The zero-order valence-corrected chi connectivity index (χ0v) is 6.00. The molecule has 0 aromatic carbocycles. The van der Waals surface area contributed by atoms with Gasteiger partial charge >= 0.3 is 6.16 Å². The molecule has 0 atom stereocenters. The van der Waals surface area contributed by atoms with Crippen molar-refractivity contribution in [2.24, 2.45) is 0 Å². The summed E-state index contributed by atoms with van der Waals surface area (Å²) < 4.78 is 24.0. The second-order valence-corrected chi connectivity index (χ2v) is 3.36. The van der Waals surface area contributed by atoms with E-state index in [4.69, 9.17) is 15.3 Å². The Bertz CT molecular complexity index is 186. The Labute approximate surface area is 57.8 Å². The van der Waals surface area contributed by atoms with Crippen LogP contribution in [0.5, 0.6) is 0 Å². The third-order valence-electron chi connectivity index (χ3n) is 0.592. The summed E-state index contributed by atoms with van der Waals surface area (Å²) >= 11 is 0. The zero-order valence-electron chi connectivity index (χ0n) is 5.18. The first-order valence-electron chi connectivity index (χ1n) is 2.37. The molecule has 0 fully saturated rings. The molecule has 10 heavy (non-hydrogen) atoms. The highest BCUT2D eigenvalue weighted by Gasteiger charge is 2.27. The van der Waals surface area contributed by atoms with Crippen molar-refractivity contribution in [2.45, 2.75) is 13.1 Å². The Balaban J connectivity index is 4.18. The lowest BCUT2D eigenvalue weighted by molar-refractivity contribution is -0.418.